The van der Waals surface area contributed by atoms with Crippen molar-refractivity contribution in [3.63, 3.8) is 0 Å². The van der Waals surface area contributed by atoms with Crippen LogP contribution >= 0.6 is 15.9 Å². The van der Waals surface area contributed by atoms with Crippen LogP contribution in [0.4, 0.5) is 0 Å². The van der Waals surface area contributed by atoms with Crippen LogP contribution in [0.3, 0.4) is 0 Å². The Kier molecular flexibility index (Phi) is 8.94. The van der Waals surface area contributed by atoms with E-state index < -0.39 is 17.9 Å². The second kappa shape index (κ2) is 12.7. The summed E-state index contributed by atoms with van der Waals surface area (Å²) in [7, 11) is 0. The first-order chi connectivity index (χ1) is 18.0. The van der Waals surface area contributed by atoms with E-state index in [1.54, 1.807) is 48.5 Å². The number of hydrogen-bond donors (Lipinski definition) is 2. The van der Waals surface area contributed by atoms with E-state index in [0.717, 1.165) is 21.2 Å². The second-order valence-corrected chi connectivity index (χ2v) is 9.35. The minimum absolute atomic E-state index is 0.147. The molecule has 0 bridgehead atoms. The van der Waals surface area contributed by atoms with Gasteiger partial charge in [-0.05, 0) is 65.2 Å². The normalized spacial score (nSPS) is 11.4. The van der Waals surface area contributed by atoms with E-state index in [2.05, 4.69) is 21.2 Å². The van der Waals surface area contributed by atoms with Crippen LogP contribution in [-0.2, 0) is 24.4 Å². The van der Waals surface area contributed by atoms with Gasteiger partial charge in [0.2, 0.25) is 0 Å². The number of carbonyl (C=O) groups excluding carboxylic acids is 1. The molecule has 37 heavy (non-hydrogen) atoms. The summed E-state index contributed by atoms with van der Waals surface area (Å²) in [5.74, 6) is -0.271. The fourth-order valence-electron chi connectivity index (χ4n) is 3.64. The van der Waals surface area contributed by atoms with Crippen molar-refractivity contribution in [1.29, 1.82) is 0 Å². The summed E-state index contributed by atoms with van der Waals surface area (Å²) in [4.78, 5) is 24.5. The largest absolute Gasteiger partial charge is 0.489 e. The average molecular weight is 560 g/mol. The van der Waals surface area contributed by atoms with Crippen LogP contribution in [0.25, 0.3) is 0 Å². The lowest BCUT2D eigenvalue weighted by Crippen LogP contribution is -2.42. The summed E-state index contributed by atoms with van der Waals surface area (Å²) < 4.78 is 12.5. The number of carboxylic acids is 1. The Balaban J connectivity index is 1.30. The summed E-state index contributed by atoms with van der Waals surface area (Å²) in [6, 6.07) is 30.4. The third-order valence-electron chi connectivity index (χ3n) is 5.63. The predicted octanol–water partition coefficient (Wildman–Crippen LogP) is 6.03. The molecule has 0 saturated heterocycles. The van der Waals surface area contributed by atoms with Gasteiger partial charge in [-0.3, -0.25) is 4.79 Å². The number of carboxylic acid groups (broad SMARTS) is 1. The van der Waals surface area contributed by atoms with Gasteiger partial charge < -0.3 is 19.9 Å². The summed E-state index contributed by atoms with van der Waals surface area (Å²) in [5, 5.41) is 12.3. The van der Waals surface area contributed by atoms with E-state index >= 15 is 0 Å². The third kappa shape index (κ3) is 7.95. The number of ether oxygens (including phenoxy) is 2. The molecule has 4 aromatic rings. The molecule has 4 rings (SSSR count). The molecule has 0 saturated carbocycles. The van der Waals surface area contributed by atoms with Crippen molar-refractivity contribution in [2.45, 2.75) is 25.7 Å². The first kappa shape index (κ1) is 26.0. The molecule has 0 radical (unpaired) electrons. The smallest absolute Gasteiger partial charge is 0.326 e. The number of hydrogen-bond acceptors (Lipinski definition) is 4. The van der Waals surface area contributed by atoms with Crippen molar-refractivity contribution in [2.24, 2.45) is 0 Å². The van der Waals surface area contributed by atoms with Crippen molar-refractivity contribution in [3.05, 3.63) is 130 Å². The topological polar surface area (TPSA) is 84.9 Å². The monoisotopic (exact) mass is 559 g/mol. The molecule has 0 aliphatic heterocycles. The van der Waals surface area contributed by atoms with Crippen molar-refractivity contribution in [3.8, 4) is 11.5 Å². The van der Waals surface area contributed by atoms with Crippen LogP contribution in [0, 0.1) is 0 Å². The van der Waals surface area contributed by atoms with Crippen LogP contribution in [-0.4, -0.2) is 23.0 Å². The van der Waals surface area contributed by atoms with Crippen molar-refractivity contribution < 1.29 is 24.2 Å². The molecule has 2 N–H and O–H groups in total. The second-order valence-electron chi connectivity index (χ2n) is 8.43. The van der Waals surface area contributed by atoms with Crippen molar-refractivity contribution in [1.82, 2.24) is 5.32 Å². The number of carbonyl (C=O) groups is 2. The number of amides is 1. The highest BCUT2D eigenvalue weighted by molar-refractivity contribution is 9.10. The molecular weight excluding hydrogens is 534 g/mol. The number of rotatable bonds is 11. The molecule has 0 aromatic heterocycles. The van der Waals surface area contributed by atoms with E-state index in [0.29, 0.717) is 30.3 Å². The first-order valence-electron chi connectivity index (χ1n) is 11.7. The van der Waals surface area contributed by atoms with Gasteiger partial charge in [-0.2, -0.15) is 0 Å². The molecule has 7 heteroatoms. The highest BCUT2D eigenvalue weighted by Gasteiger charge is 2.21. The lowest BCUT2D eigenvalue weighted by molar-refractivity contribution is -0.139. The lowest BCUT2D eigenvalue weighted by Gasteiger charge is -2.15. The Morgan fingerprint density at radius 3 is 1.95 bits per heavy atom. The molecule has 4 aromatic carbocycles. The Morgan fingerprint density at radius 1 is 0.730 bits per heavy atom. The maximum atomic E-state index is 12.7. The van der Waals surface area contributed by atoms with E-state index in [9.17, 15) is 14.7 Å². The molecule has 0 spiro atoms. The lowest BCUT2D eigenvalue weighted by atomic mass is 10.1. The zero-order valence-electron chi connectivity index (χ0n) is 20.0. The quantitative estimate of drug-likeness (QED) is 0.234. The molecule has 0 heterocycles. The maximum Gasteiger partial charge on any atom is 0.326 e. The number of halogens is 1. The van der Waals surface area contributed by atoms with Gasteiger partial charge in [-0.15, -0.1) is 0 Å². The van der Waals surface area contributed by atoms with Crippen molar-refractivity contribution >= 4 is 27.8 Å². The zero-order chi connectivity index (χ0) is 26.0. The Hall–Kier alpha value is -4.10. The molecule has 0 fully saturated rings. The van der Waals surface area contributed by atoms with Gasteiger partial charge >= 0.3 is 5.97 Å². The Bertz CT molecular complexity index is 1320. The van der Waals surface area contributed by atoms with Crippen LogP contribution in [0.1, 0.15) is 27.0 Å². The minimum Gasteiger partial charge on any atom is -0.489 e. The van der Waals surface area contributed by atoms with E-state index in [4.69, 9.17) is 9.47 Å². The van der Waals surface area contributed by atoms with Crippen LogP contribution < -0.4 is 14.8 Å². The summed E-state index contributed by atoms with van der Waals surface area (Å²) in [6.45, 7) is 0.837. The molecule has 6 nitrogen and oxygen atoms in total. The standard InChI is InChI=1S/C30H26BrNO5/c31-25-8-4-7-23(17-25)20-37-27-15-11-24(12-16-27)29(33)32-28(30(34)35)18-21-9-13-26(14-10-21)36-19-22-5-2-1-3-6-22/h1-17,28H,18-20H2,(H,32,33)(H,34,35)/t28-/m0/s1. The van der Waals surface area contributed by atoms with E-state index in [1.807, 2.05) is 54.6 Å². The van der Waals surface area contributed by atoms with E-state index in [1.165, 1.54) is 0 Å². The van der Waals surface area contributed by atoms with Gasteiger partial charge in [-0.1, -0.05) is 70.5 Å². The summed E-state index contributed by atoms with van der Waals surface area (Å²) in [6.07, 6.45) is 0.147. The molecule has 0 unspecified atom stereocenters. The van der Waals surface area contributed by atoms with Gasteiger partial charge in [0.15, 0.2) is 0 Å². The average Bonchev–Trinajstić information content (AvgIpc) is 2.92. The first-order valence-corrected chi connectivity index (χ1v) is 12.5. The number of nitrogens with one attached hydrogen (secondary N) is 1. The fourth-order valence-corrected chi connectivity index (χ4v) is 4.08. The van der Waals surface area contributed by atoms with Crippen LogP contribution in [0.2, 0.25) is 0 Å². The number of benzene rings is 4. The molecule has 188 valence electrons. The third-order valence-corrected chi connectivity index (χ3v) is 6.12. The van der Waals surface area contributed by atoms with E-state index in [-0.39, 0.29) is 6.42 Å². The van der Waals surface area contributed by atoms with Gasteiger partial charge in [-0.25, -0.2) is 4.79 Å². The summed E-state index contributed by atoms with van der Waals surface area (Å²) in [5.41, 5.74) is 3.20. The van der Waals surface area contributed by atoms with Crippen LogP contribution in [0.5, 0.6) is 11.5 Å². The predicted molar refractivity (Wildman–Crippen MR) is 145 cm³/mol. The maximum absolute atomic E-state index is 12.7. The van der Waals surface area contributed by atoms with Crippen molar-refractivity contribution in [2.75, 3.05) is 0 Å². The van der Waals surface area contributed by atoms with Gasteiger partial charge in [0.05, 0.1) is 0 Å². The molecule has 0 aliphatic carbocycles. The number of aliphatic carboxylic acids is 1. The highest BCUT2D eigenvalue weighted by atomic mass is 79.9. The summed E-state index contributed by atoms with van der Waals surface area (Å²) >= 11 is 3.43. The highest BCUT2D eigenvalue weighted by Crippen LogP contribution is 2.18. The Morgan fingerprint density at radius 2 is 1.32 bits per heavy atom. The SMILES string of the molecule is O=C(N[C@@H](Cc1ccc(OCc2ccccc2)cc1)C(=O)O)c1ccc(OCc2cccc(Br)c2)cc1. The molecular formula is C30H26BrNO5. The zero-order valence-corrected chi connectivity index (χ0v) is 21.6. The van der Waals surface area contributed by atoms with Gasteiger partial charge in [0.1, 0.15) is 30.8 Å². The molecule has 1 atom stereocenters. The minimum atomic E-state index is -1.10. The molecule has 1 amide bonds. The van der Waals surface area contributed by atoms with Gasteiger partial charge in [0.25, 0.3) is 5.91 Å². The molecule has 0 aliphatic rings. The van der Waals surface area contributed by atoms with Gasteiger partial charge in [0, 0.05) is 16.5 Å². The fraction of sp³-hybridized carbons (Fsp3) is 0.133. The van der Waals surface area contributed by atoms with Crippen LogP contribution in [0.15, 0.2) is 108 Å². The Labute approximate surface area is 224 Å².